The molecule has 7 heteroatoms. The van der Waals surface area contributed by atoms with Crippen LogP contribution in [0.4, 0.5) is 5.69 Å². The molecule has 3 rings (SSSR count). The van der Waals surface area contributed by atoms with Crippen LogP contribution in [0.15, 0.2) is 71.9 Å². The third kappa shape index (κ3) is 5.61. The first-order valence-electron chi connectivity index (χ1n) is 8.80. The van der Waals surface area contributed by atoms with E-state index in [4.69, 9.17) is 12.2 Å². The fourth-order valence-corrected chi connectivity index (χ4v) is 3.84. The lowest BCUT2D eigenvalue weighted by Gasteiger charge is -2.14. The molecule has 1 saturated heterocycles. The molecule has 1 aliphatic rings. The maximum absolute atomic E-state index is 12.5. The number of nitrogens with one attached hydrogen (secondary N) is 1. The summed E-state index contributed by atoms with van der Waals surface area (Å²) in [5, 5.41) is 2.78. The van der Waals surface area contributed by atoms with Gasteiger partial charge in [0, 0.05) is 19.2 Å². The molecule has 0 atom stereocenters. The Bertz CT molecular complexity index is 912. The van der Waals surface area contributed by atoms with E-state index < -0.39 is 0 Å². The number of thioether (sulfide) groups is 1. The summed E-state index contributed by atoms with van der Waals surface area (Å²) in [4.78, 5) is 30.6. The molecular weight excluding hydrogens is 390 g/mol. The van der Waals surface area contributed by atoms with Gasteiger partial charge in [0.2, 0.25) is 5.91 Å². The van der Waals surface area contributed by atoms with E-state index in [0.29, 0.717) is 34.3 Å². The minimum atomic E-state index is -0.111. The third-order valence-corrected chi connectivity index (χ3v) is 5.34. The average molecular weight is 410 g/mol. The predicted octanol–water partition coefficient (Wildman–Crippen LogP) is 4.26. The molecule has 1 aromatic heterocycles. The number of benzene rings is 1. The number of hydrogen-bond acceptors (Lipinski definition) is 5. The number of thiocarbonyl (C=S) groups is 1. The van der Waals surface area contributed by atoms with Crippen LogP contribution >= 0.6 is 24.0 Å². The number of rotatable bonds is 7. The Kier molecular flexibility index (Phi) is 7.11. The van der Waals surface area contributed by atoms with Crippen LogP contribution in [-0.2, 0) is 9.59 Å². The van der Waals surface area contributed by atoms with Gasteiger partial charge in [-0.1, -0.05) is 66.5 Å². The molecule has 2 amide bonds. The second kappa shape index (κ2) is 9.96. The van der Waals surface area contributed by atoms with Crippen LogP contribution in [-0.4, -0.2) is 32.6 Å². The normalized spacial score (nSPS) is 15.6. The number of nitrogens with zero attached hydrogens (tertiary/aromatic N) is 2. The number of anilines is 1. The fraction of sp³-hybridized carbons (Fsp3) is 0.143. The van der Waals surface area contributed by atoms with Crippen molar-refractivity contribution in [3.63, 3.8) is 0 Å². The highest BCUT2D eigenvalue weighted by atomic mass is 32.2. The van der Waals surface area contributed by atoms with Crippen LogP contribution in [0.3, 0.4) is 0 Å². The summed E-state index contributed by atoms with van der Waals surface area (Å²) in [6.45, 7) is 0.421. The van der Waals surface area contributed by atoms with Gasteiger partial charge in [-0.25, -0.2) is 0 Å². The first-order valence-corrected chi connectivity index (χ1v) is 10.0. The van der Waals surface area contributed by atoms with E-state index in [0.717, 1.165) is 5.56 Å². The van der Waals surface area contributed by atoms with Crippen molar-refractivity contribution in [3.8, 4) is 0 Å². The number of hydrogen-bond donors (Lipinski definition) is 1. The molecule has 142 valence electrons. The van der Waals surface area contributed by atoms with Crippen LogP contribution in [0.2, 0.25) is 0 Å². The standard InChI is InChI=1S/C21H19N3O2S2/c25-19(23-17-10-5-13-22-15-17)12-6-14-24-20(26)18(28-21(24)27)11-4-9-16-7-2-1-3-8-16/h1-5,7-11,13,15H,6,12,14H2,(H,23,25)/b9-4+,18-11-. The summed E-state index contributed by atoms with van der Waals surface area (Å²) < 4.78 is 0.525. The zero-order chi connectivity index (χ0) is 19.8. The number of carbonyl (C=O) groups excluding carboxylic acids is 2. The maximum atomic E-state index is 12.5. The zero-order valence-corrected chi connectivity index (χ0v) is 16.7. The van der Waals surface area contributed by atoms with Gasteiger partial charge < -0.3 is 5.32 Å². The molecule has 0 aliphatic carbocycles. The van der Waals surface area contributed by atoms with Gasteiger partial charge in [-0.2, -0.15) is 0 Å². The molecule has 2 heterocycles. The topological polar surface area (TPSA) is 62.3 Å². The van der Waals surface area contributed by atoms with Crippen molar-refractivity contribution in [1.29, 1.82) is 0 Å². The van der Waals surface area contributed by atoms with E-state index >= 15 is 0 Å². The number of amides is 2. The third-order valence-electron chi connectivity index (χ3n) is 3.94. The summed E-state index contributed by atoms with van der Waals surface area (Å²) in [6, 6.07) is 13.4. The molecule has 1 aromatic carbocycles. The van der Waals surface area contributed by atoms with Gasteiger partial charge in [0.05, 0.1) is 16.8 Å². The van der Waals surface area contributed by atoms with Crippen molar-refractivity contribution >= 4 is 51.9 Å². The van der Waals surface area contributed by atoms with Gasteiger partial charge >= 0.3 is 0 Å². The lowest BCUT2D eigenvalue weighted by Crippen LogP contribution is -2.29. The Balaban J connectivity index is 1.49. The lowest BCUT2D eigenvalue weighted by atomic mass is 10.2. The van der Waals surface area contributed by atoms with Gasteiger partial charge in [-0.3, -0.25) is 19.5 Å². The molecule has 5 nitrogen and oxygen atoms in total. The summed E-state index contributed by atoms with van der Waals surface area (Å²) in [7, 11) is 0. The molecule has 28 heavy (non-hydrogen) atoms. The average Bonchev–Trinajstić information content (AvgIpc) is 2.97. The first-order chi connectivity index (χ1) is 13.6. The quantitative estimate of drug-likeness (QED) is 0.547. The van der Waals surface area contributed by atoms with E-state index in [2.05, 4.69) is 10.3 Å². The number of carbonyl (C=O) groups is 2. The van der Waals surface area contributed by atoms with Gasteiger partial charge in [0.25, 0.3) is 5.91 Å². The largest absolute Gasteiger partial charge is 0.325 e. The summed E-state index contributed by atoms with van der Waals surface area (Å²) in [5.41, 5.74) is 1.72. The molecule has 1 aliphatic heterocycles. The second-order valence-corrected chi connectivity index (χ2v) is 7.69. The van der Waals surface area contributed by atoms with E-state index in [1.54, 1.807) is 35.5 Å². The monoisotopic (exact) mass is 409 g/mol. The van der Waals surface area contributed by atoms with Crippen LogP contribution in [0.25, 0.3) is 6.08 Å². The summed E-state index contributed by atoms with van der Waals surface area (Å²) in [6.07, 6.45) is 9.64. The Hall–Kier alpha value is -2.77. The molecule has 1 N–H and O–H groups in total. The van der Waals surface area contributed by atoms with E-state index in [1.807, 2.05) is 42.5 Å². The Labute approximate surface area is 173 Å². The van der Waals surface area contributed by atoms with E-state index in [9.17, 15) is 9.59 Å². The van der Waals surface area contributed by atoms with E-state index in [1.165, 1.54) is 11.8 Å². The number of pyridine rings is 1. The van der Waals surface area contributed by atoms with Crippen molar-refractivity contribution in [2.24, 2.45) is 0 Å². The van der Waals surface area contributed by atoms with Crippen molar-refractivity contribution < 1.29 is 9.59 Å². The fourth-order valence-electron chi connectivity index (χ4n) is 2.58. The highest BCUT2D eigenvalue weighted by Gasteiger charge is 2.31. The highest BCUT2D eigenvalue weighted by molar-refractivity contribution is 8.26. The van der Waals surface area contributed by atoms with Crippen molar-refractivity contribution in [3.05, 3.63) is 77.5 Å². The smallest absolute Gasteiger partial charge is 0.266 e. The molecule has 1 fully saturated rings. The lowest BCUT2D eigenvalue weighted by molar-refractivity contribution is -0.122. The second-order valence-electron chi connectivity index (χ2n) is 6.02. The summed E-state index contributed by atoms with van der Waals surface area (Å²) >= 11 is 6.60. The first kappa shape index (κ1) is 20.0. The van der Waals surface area contributed by atoms with Gasteiger partial charge in [-0.05, 0) is 30.2 Å². The minimum Gasteiger partial charge on any atom is -0.325 e. The van der Waals surface area contributed by atoms with Crippen molar-refractivity contribution in [2.45, 2.75) is 12.8 Å². The molecule has 2 aromatic rings. The molecule has 0 unspecified atom stereocenters. The molecule has 0 radical (unpaired) electrons. The molecule has 0 spiro atoms. The highest BCUT2D eigenvalue weighted by Crippen LogP contribution is 2.31. The van der Waals surface area contributed by atoms with Crippen LogP contribution in [0.5, 0.6) is 0 Å². The zero-order valence-electron chi connectivity index (χ0n) is 15.1. The number of allylic oxidation sites excluding steroid dienone is 2. The predicted molar refractivity (Wildman–Crippen MR) is 118 cm³/mol. The molecule has 0 saturated carbocycles. The Morgan fingerprint density at radius 3 is 2.79 bits per heavy atom. The molecule has 0 bridgehead atoms. The molecular formula is C21H19N3O2S2. The van der Waals surface area contributed by atoms with E-state index in [-0.39, 0.29) is 11.8 Å². The van der Waals surface area contributed by atoms with Crippen LogP contribution in [0, 0.1) is 0 Å². The number of aromatic nitrogens is 1. The SMILES string of the molecule is O=C(CCCN1C(=O)/C(=C/C=C/c2ccccc2)SC1=S)Nc1cccnc1. The van der Waals surface area contributed by atoms with Gasteiger partial charge in [0.15, 0.2) is 0 Å². The maximum Gasteiger partial charge on any atom is 0.266 e. The van der Waals surface area contributed by atoms with Gasteiger partial charge in [-0.15, -0.1) is 0 Å². The van der Waals surface area contributed by atoms with Crippen molar-refractivity contribution in [1.82, 2.24) is 9.88 Å². The summed E-state index contributed by atoms with van der Waals surface area (Å²) in [5.74, 6) is -0.222. The Morgan fingerprint density at radius 2 is 2.04 bits per heavy atom. The Morgan fingerprint density at radius 1 is 1.21 bits per heavy atom. The van der Waals surface area contributed by atoms with Crippen molar-refractivity contribution in [2.75, 3.05) is 11.9 Å². The minimum absolute atomic E-state index is 0.111. The van der Waals surface area contributed by atoms with Crippen LogP contribution < -0.4 is 5.32 Å². The van der Waals surface area contributed by atoms with Crippen LogP contribution in [0.1, 0.15) is 18.4 Å². The van der Waals surface area contributed by atoms with Gasteiger partial charge in [0.1, 0.15) is 4.32 Å².